The second-order valence-electron chi connectivity index (χ2n) is 9.70. The molecule has 0 aliphatic carbocycles. The number of benzene rings is 2. The number of Topliss-reactive ketones (excluding diaryl/α,β-unsaturated/α-hetero) is 1. The maximum Gasteiger partial charge on any atom is 0.301 e. The minimum atomic E-state index is -0.993. The number of aryl methyl sites for hydroxylation is 4. The molecule has 196 valence electrons. The van der Waals surface area contributed by atoms with E-state index in [1.54, 1.807) is 25.1 Å². The summed E-state index contributed by atoms with van der Waals surface area (Å²) in [5, 5.41) is 12.6. The van der Waals surface area contributed by atoms with E-state index in [1.165, 1.54) is 16.2 Å². The third-order valence-electron chi connectivity index (χ3n) is 7.04. The van der Waals surface area contributed by atoms with Crippen molar-refractivity contribution in [2.24, 2.45) is 0 Å². The van der Waals surface area contributed by atoms with Gasteiger partial charge in [0.15, 0.2) is 10.9 Å². The van der Waals surface area contributed by atoms with E-state index in [-0.39, 0.29) is 22.0 Å². The molecule has 0 bridgehead atoms. The number of aromatic nitrogens is 3. The zero-order chi connectivity index (χ0) is 27.7. The van der Waals surface area contributed by atoms with Crippen molar-refractivity contribution in [2.45, 2.75) is 33.7 Å². The van der Waals surface area contributed by atoms with Gasteiger partial charge in [-0.05, 0) is 74.2 Å². The summed E-state index contributed by atoms with van der Waals surface area (Å²) in [6, 6.07) is 11.7. The zero-order valence-corrected chi connectivity index (χ0v) is 23.7. The first-order valence-electron chi connectivity index (χ1n) is 12.1. The van der Waals surface area contributed by atoms with Gasteiger partial charge in [-0.25, -0.2) is 9.97 Å². The number of fused-ring (bicyclic) bond motifs is 2. The van der Waals surface area contributed by atoms with E-state index in [9.17, 15) is 14.7 Å². The van der Waals surface area contributed by atoms with Crippen molar-refractivity contribution in [1.82, 2.24) is 14.4 Å². The van der Waals surface area contributed by atoms with Crippen LogP contribution < -0.4 is 4.90 Å². The van der Waals surface area contributed by atoms with Gasteiger partial charge in [0.2, 0.25) is 0 Å². The Morgan fingerprint density at radius 2 is 1.74 bits per heavy atom. The van der Waals surface area contributed by atoms with Gasteiger partial charge >= 0.3 is 5.91 Å². The van der Waals surface area contributed by atoms with Gasteiger partial charge in [0.1, 0.15) is 11.3 Å². The van der Waals surface area contributed by atoms with Gasteiger partial charge in [0.25, 0.3) is 5.78 Å². The highest BCUT2D eigenvalue weighted by Gasteiger charge is 2.48. The summed E-state index contributed by atoms with van der Waals surface area (Å²) in [6.45, 7) is 7.67. The van der Waals surface area contributed by atoms with Gasteiger partial charge in [-0.15, -0.1) is 0 Å². The largest absolute Gasteiger partial charge is 0.505 e. The third kappa shape index (κ3) is 3.93. The minimum absolute atomic E-state index is 0.0882. The molecule has 4 heterocycles. The van der Waals surface area contributed by atoms with Crippen LogP contribution in [0.25, 0.3) is 21.6 Å². The van der Waals surface area contributed by atoms with Crippen molar-refractivity contribution in [2.75, 3.05) is 4.90 Å². The molecular formula is C29H22Cl2N4O3S. The number of hydrogen-bond acceptors (Lipinski definition) is 6. The topological polar surface area (TPSA) is 87.8 Å². The Balaban J connectivity index is 1.62. The highest BCUT2D eigenvalue weighted by atomic mass is 35.5. The number of carbonyl (C=O) groups is 2. The number of aliphatic hydroxyl groups is 1. The number of hydrogen-bond donors (Lipinski definition) is 1. The fourth-order valence-corrected chi connectivity index (χ4v) is 6.64. The predicted molar refractivity (Wildman–Crippen MR) is 155 cm³/mol. The number of ketones is 1. The first kappa shape index (κ1) is 25.6. The molecule has 0 spiro atoms. The number of pyridine rings is 1. The number of nitrogens with zero attached hydrogens (tertiary/aromatic N) is 4. The summed E-state index contributed by atoms with van der Waals surface area (Å²) < 4.78 is 2.73. The van der Waals surface area contributed by atoms with E-state index in [1.807, 2.05) is 55.6 Å². The molecule has 10 heteroatoms. The lowest BCUT2D eigenvalue weighted by molar-refractivity contribution is -0.132. The maximum atomic E-state index is 13.6. The first-order valence-corrected chi connectivity index (χ1v) is 13.7. The zero-order valence-electron chi connectivity index (χ0n) is 21.4. The molecule has 1 unspecified atom stereocenters. The number of imidazole rings is 1. The number of rotatable bonds is 3. The van der Waals surface area contributed by atoms with Gasteiger partial charge in [0, 0.05) is 6.20 Å². The lowest BCUT2D eigenvalue weighted by Gasteiger charge is -2.23. The van der Waals surface area contributed by atoms with Crippen LogP contribution in [0.15, 0.2) is 54.2 Å². The first-order chi connectivity index (χ1) is 18.6. The molecule has 1 saturated heterocycles. The van der Waals surface area contributed by atoms with Crippen LogP contribution in [0.1, 0.15) is 39.7 Å². The summed E-state index contributed by atoms with van der Waals surface area (Å²) in [4.78, 5) is 38.0. The Morgan fingerprint density at radius 3 is 2.46 bits per heavy atom. The van der Waals surface area contributed by atoms with E-state index in [2.05, 4.69) is 4.98 Å². The summed E-state index contributed by atoms with van der Waals surface area (Å²) in [5.41, 5.74) is 5.61. The number of halogens is 2. The number of amides is 1. The van der Waals surface area contributed by atoms with Crippen molar-refractivity contribution in [3.05, 3.63) is 97.9 Å². The number of thiazole rings is 1. The molecule has 1 atom stereocenters. The molecule has 5 aromatic rings. The van der Waals surface area contributed by atoms with E-state index < -0.39 is 17.7 Å². The summed E-state index contributed by atoms with van der Waals surface area (Å²) >= 11 is 13.9. The van der Waals surface area contributed by atoms with Crippen LogP contribution in [0.3, 0.4) is 0 Å². The molecule has 0 saturated carbocycles. The fourth-order valence-electron chi connectivity index (χ4n) is 5.16. The van der Waals surface area contributed by atoms with Gasteiger partial charge in [-0.1, -0.05) is 52.7 Å². The number of carbonyl (C=O) groups excluding carboxylic acids is 2. The van der Waals surface area contributed by atoms with Gasteiger partial charge in [-0.2, -0.15) is 0 Å². The van der Waals surface area contributed by atoms with E-state index >= 15 is 0 Å². The van der Waals surface area contributed by atoms with Crippen LogP contribution in [0.2, 0.25) is 10.0 Å². The lowest BCUT2D eigenvalue weighted by atomic mass is 9.96. The SMILES string of the molecule is Cc1cc(C)c2nc(N3C(=O)C(=O)C(=C(O)c4nc5c(C)cccn5c4C)C3c3ccc(Cl)c(Cl)c3)sc2c1. The highest BCUT2D eigenvalue weighted by molar-refractivity contribution is 7.22. The molecule has 6 rings (SSSR count). The van der Waals surface area contributed by atoms with Gasteiger partial charge < -0.3 is 9.51 Å². The molecule has 1 fully saturated rings. The molecule has 3 aromatic heterocycles. The Labute approximate surface area is 237 Å². The van der Waals surface area contributed by atoms with E-state index in [0.29, 0.717) is 27.1 Å². The normalized spacial score (nSPS) is 17.2. The average molecular weight is 577 g/mol. The molecule has 0 radical (unpaired) electrons. The molecule has 1 aliphatic rings. The molecule has 39 heavy (non-hydrogen) atoms. The van der Waals surface area contributed by atoms with Crippen LogP contribution >= 0.6 is 34.5 Å². The smallest absolute Gasteiger partial charge is 0.301 e. The Bertz CT molecular complexity index is 1910. The Morgan fingerprint density at radius 1 is 0.974 bits per heavy atom. The highest BCUT2D eigenvalue weighted by Crippen LogP contribution is 2.45. The van der Waals surface area contributed by atoms with Crippen LogP contribution in [-0.2, 0) is 9.59 Å². The third-order valence-corrected chi connectivity index (χ3v) is 8.78. The van der Waals surface area contributed by atoms with Crippen molar-refractivity contribution in [3.8, 4) is 0 Å². The van der Waals surface area contributed by atoms with Gasteiger partial charge in [-0.3, -0.25) is 14.5 Å². The van der Waals surface area contributed by atoms with Crippen LogP contribution in [0, 0.1) is 27.7 Å². The summed E-state index contributed by atoms with van der Waals surface area (Å²) in [5.74, 6) is -1.98. The van der Waals surface area contributed by atoms with Crippen molar-refractivity contribution < 1.29 is 14.7 Å². The average Bonchev–Trinajstić information content (AvgIpc) is 3.54. The van der Waals surface area contributed by atoms with Crippen molar-refractivity contribution in [3.63, 3.8) is 0 Å². The Kier molecular flexibility index (Phi) is 6.02. The van der Waals surface area contributed by atoms with Crippen LogP contribution in [0.5, 0.6) is 0 Å². The van der Waals surface area contributed by atoms with E-state index in [0.717, 1.165) is 26.9 Å². The Hall–Kier alpha value is -3.72. The van der Waals surface area contributed by atoms with Crippen molar-refractivity contribution >= 4 is 73.0 Å². The fraction of sp³-hybridized carbons (Fsp3) is 0.172. The summed E-state index contributed by atoms with van der Waals surface area (Å²) in [7, 11) is 0. The van der Waals surface area contributed by atoms with E-state index in [4.69, 9.17) is 28.2 Å². The van der Waals surface area contributed by atoms with Crippen LogP contribution in [-0.4, -0.2) is 31.2 Å². The number of anilines is 1. The van der Waals surface area contributed by atoms with Crippen LogP contribution in [0.4, 0.5) is 5.13 Å². The minimum Gasteiger partial charge on any atom is -0.505 e. The quantitative estimate of drug-likeness (QED) is 0.140. The number of aliphatic hydroxyl groups excluding tert-OH is 1. The second kappa shape index (κ2) is 9.19. The standard InChI is InChI=1S/C29H22Cl2N4O3S/c1-13-10-15(3)22-20(11-13)39-29(33-22)35-24(17-7-8-18(30)19(31)12-17)21(26(37)28(35)38)25(36)23-16(4)34-9-5-6-14(2)27(34)32-23/h5-12,24,36H,1-4H3. The predicted octanol–water partition coefficient (Wildman–Crippen LogP) is 7.11. The molecule has 2 aromatic carbocycles. The lowest BCUT2D eigenvalue weighted by Crippen LogP contribution is -2.29. The second-order valence-corrected chi connectivity index (χ2v) is 11.5. The summed E-state index contributed by atoms with van der Waals surface area (Å²) in [6.07, 6.45) is 1.84. The molecule has 1 aliphatic heterocycles. The van der Waals surface area contributed by atoms with Crippen molar-refractivity contribution in [1.29, 1.82) is 0 Å². The molecular weight excluding hydrogens is 555 g/mol. The molecule has 7 nitrogen and oxygen atoms in total. The molecule has 1 amide bonds. The van der Waals surface area contributed by atoms with Gasteiger partial charge in [0.05, 0.1) is 37.6 Å². The molecule has 1 N–H and O–H groups in total. The monoisotopic (exact) mass is 576 g/mol. The maximum absolute atomic E-state index is 13.6.